The second kappa shape index (κ2) is 7.82. The molecule has 6 heteroatoms. The monoisotopic (exact) mass is 427 g/mol. The molecule has 5 nitrogen and oxygen atoms in total. The molecule has 0 radical (unpaired) electrons. The molecule has 1 aliphatic rings. The van der Waals surface area contributed by atoms with Crippen LogP contribution >= 0.6 is 15.9 Å². The predicted molar refractivity (Wildman–Crippen MR) is 110 cm³/mol. The van der Waals surface area contributed by atoms with Crippen LogP contribution in [0.3, 0.4) is 0 Å². The average molecular weight is 428 g/mol. The van der Waals surface area contributed by atoms with Gasteiger partial charge >= 0.3 is 0 Å². The molecule has 1 unspecified atom stereocenters. The number of carbonyl (C=O) groups excluding carboxylic acids is 1. The zero-order chi connectivity index (χ0) is 18.8. The van der Waals surface area contributed by atoms with Crippen molar-refractivity contribution in [2.75, 3.05) is 25.0 Å². The minimum atomic E-state index is 0.00920. The van der Waals surface area contributed by atoms with Crippen molar-refractivity contribution in [1.82, 2.24) is 9.88 Å². The summed E-state index contributed by atoms with van der Waals surface area (Å²) in [6, 6.07) is 13.7. The van der Waals surface area contributed by atoms with Crippen molar-refractivity contribution >= 4 is 38.6 Å². The maximum atomic E-state index is 12.5. The number of para-hydroxylation sites is 2. The number of aromatic nitrogens is 1. The summed E-state index contributed by atoms with van der Waals surface area (Å²) in [5.74, 6) is 1.02. The number of nitrogens with one attached hydrogen (secondary N) is 1. The molecule has 1 N–H and O–H groups in total. The Labute approximate surface area is 166 Å². The van der Waals surface area contributed by atoms with E-state index in [1.165, 1.54) is 0 Å². The van der Waals surface area contributed by atoms with Gasteiger partial charge in [-0.3, -0.25) is 9.69 Å². The van der Waals surface area contributed by atoms with Crippen LogP contribution in [0.1, 0.15) is 30.2 Å². The molecular formula is C21H22BrN3O2. The van der Waals surface area contributed by atoms with E-state index in [2.05, 4.69) is 31.1 Å². The van der Waals surface area contributed by atoms with E-state index in [4.69, 9.17) is 4.42 Å². The zero-order valence-electron chi connectivity index (χ0n) is 15.2. The van der Waals surface area contributed by atoms with Gasteiger partial charge in [0.05, 0.1) is 6.54 Å². The highest BCUT2D eigenvalue weighted by Crippen LogP contribution is 2.29. The van der Waals surface area contributed by atoms with Gasteiger partial charge < -0.3 is 9.73 Å². The largest absolute Gasteiger partial charge is 0.440 e. The van der Waals surface area contributed by atoms with Crippen molar-refractivity contribution in [3.05, 3.63) is 58.4 Å². The molecule has 2 heterocycles. The predicted octanol–water partition coefficient (Wildman–Crippen LogP) is 4.72. The highest BCUT2D eigenvalue weighted by Gasteiger charge is 2.26. The summed E-state index contributed by atoms with van der Waals surface area (Å²) in [5.41, 5.74) is 3.65. The van der Waals surface area contributed by atoms with E-state index < -0.39 is 0 Å². The summed E-state index contributed by atoms with van der Waals surface area (Å²) in [5, 5.41) is 2.99. The number of hydrogen-bond donors (Lipinski definition) is 1. The van der Waals surface area contributed by atoms with Gasteiger partial charge in [0, 0.05) is 22.6 Å². The highest BCUT2D eigenvalue weighted by atomic mass is 79.9. The first-order chi connectivity index (χ1) is 13.1. The number of likely N-dealkylation sites (tertiary alicyclic amines) is 1. The number of fused-ring (bicyclic) bond motifs is 1. The summed E-state index contributed by atoms with van der Waals surface area (Å²) in [7, 11) is 0. The van der Waals surface area contributed by atoms with Crippen molar-refractivity contribution in [3.8, 4) is 0 Å². The lowest BCUT2D eigenvalue weighted by Crippen LogP contribution is -2.39. The normalized spacial score (nSPS) is 17.9. The summed E-state index contributed by atoms with van der Waals surface area (Å²) in [4.78, 5) is 19.3. The van der Waals surface area contributed by atoms with Gasteiger partial charge in [0.25, 0.3) is 0 Å². The van der Waals surface area contributed by atoms with E-state index in [0.717, 1.165) is 58.6 Å². The van der Waals surface area contributed by atoms with Crippen molar-refractivity contribution in [2.24, 2.45) is 0 Å². The van der Waals surface area contributed by atoms with Crippen LogP contribution < -0.4 is 5.32 Å². The summed E-state index contributed by atoms with van der Waals surface area (Å²) < 4.78 is 6.98. The number of carbonyl (C=O) groups is 1. The molecule has 2 aromatic carbocycles. The van der Waals surface area contributed by atoms with Crippen molar-refractivity contribution in [2.45, 2.75) is 25.7 Å². The number of amides is 1. The van der Waals surface area contributed by atoms with E-state index in [1.54, 1.807) is 0 Å². The molecule has 1 amide bonds. The standard InChI is InChI=1S/C21H22BrN3O2/c1-14-11-16(8-9-17(14)22)23-20(26)13-25-10-4-5-15(12-25)21-24-18-6-2-3-7-19(18)27-21/h2-3,6-9,11,15H,4-5,10,12-13H2,1H3,(H,23,26). The Morgan fingerprint density at radius 1 is 1.33 bits per heavy atom. The van der Waals surface area contributed by atoms with E-state index in [0.29, 0.717) is 6.54 Å². The van der Waals surface area contributed by atoms with Gasteiger partial charge in [-0.2, -0.15) is 0 Å². The number of hydrogen-bond acceptors (Lipinski definition) is 4. The SMILES string of the molecule is Cc1cc(NC(=O)CN2CCCC(c3nc4ccccc4o3)C2)ccc1Br. The number of aryl methyl sites for hydroxylation is 1. The third-order valence-electron chi connectivity index (χ3n) is 4.97. The van der Waals surface area contributed by atoms with Gasteiger partial charge in [-0.15, -0.1) is 0 Å². The molecule has 0 aliphatic carbocycles. The molecule has 4 rings (SSSR count). The number of rotatable bonds is 4. The Kier molecular flexibility index (Phi) is 5.27. The maximum absolute atomic E-state index is 12.5. The molecule has 1 aromatic heterocycles. The van der Waals surface area contributed by atoms with Crippen LogP contribution in [0.5, 0.6) is 0 Å². The van der Waals surface area contributed by atoms with Gasteiger partial charge in [-0.25, -0.2) is 4.98 Å². The number of piperidine rings is 1. The van der Waals surface area contributed by atoms with E-state index >= 15 is 0 Å². The third-order valence-corrected chi connectivity index (χ3v) is 5.86. The Morgan fingerprint density at radius 2 is 2.19 bits per heavy atom. The van der Waals surface area contributed by atoms with Gasteiger partial charge in [0.2, 0.25) is 5.91 Å². The molecule has 1 atom stereocenters. The fourth-order valence-electron chi connectivity index (χ4n) is 3.59. The molecule has 0 saturated carbocycles. The van der Waals surface area contributed by atoms with Gasteiger partial charge in [0.1, 0.15) is 5.52 Å². The second-order valence-electron chi connectivity index (χ2n) is 7.11. The van der Waals surface area contributed by atoms with Crippen molar-refractivity contribution < 1.29 is 9.21 Å². The smallest absolute Gasteiger partial charge is 0.238 e. The van der Waals surface area contributed by atoms with Crippen LogP contribution in [-0.2, 0) is 4.79 Å². The Bertz CT molecular complexity index is 936. The van der Waals surface area contributed by atoms with Crippen LogP contribution in [-0.4, -0.2) is 35.4 Å². The number of oxazole rings is 1. The number of benzene rings is 2. The van der Waals surface area contributed by atoms with Crippen LogP contribution in [0.15, 0.2) is 51.4 Å². The van der Waals surface area contributed by atoms with E-state index in [1.807, 2.05) is 49.4 Å². The topological polar surface area (TPSA) is 58.4 Å². The molecule has 140 valence electrons. The van der Waals surface area contributed by atoms with Crippen molar-refractivity contribution in [3.63, 3.8) is 0 Å². The Balaban J connectivity index is 1.39. The van der Waals surface area contributed by atoms with Gasteiger partial charge in [-0.05, 0) is 62.2 Å². The maximum Gasteiger partial charge on any atom is 0.238 e. The lowest BCUT2D eigenvalue weighted by molar-refractivity contribution is -0.117. The number of halogens is 1. The lowest BCUT2D eigenvalue weighted by Gasteiger charge is -2.30. The van der Waals surface area contributed by atoms with Crippen LogP contribution in [0.4, 0.5) is 5.69 Å². The number of anilines is 1. The summed E-state index contributed by atoms with van der Waals surface area (Å²) >= 11 is 3.48. The Morgan fingerprint density at radius 3 is 3.00 bits per heavy atom. The van der Waals surface area contributed by atoms with Gasteiger partial charge in [-0.1, -0.05) is 28.1 Å². The molecule has 3 aromatic rings. The van der Waals surface area contributed by atoms with Crippen LogP contribution in [0.25, 0.3) is 11.1 Å². The summed E-state index contributed by atoms with van der Waals surface area (Å²) in [6.45, 7) is 4.10. The molecule has 1 fully saturated rings. The quantitative estimate of drug-likeness (QED) is 0.654. The first kappa shape index (κ1) is 18.2. The minimum absolute atomic E-state index is 0.00920. The minimum Gasteiger partial charge on any atom is -0.440 e. The average Bonchev–Trinajstić information content (AvgIpc) is 3.09. The van der Waals surface area contributed by atoms with Crippen molar-refractivity contribution in [1.29, 1.82) is 0 Å². The Hall–Kier alpha value is -2.18. The second-order valence-corrected chi connectivity index (χ2v) is 7.96. The molecular weight excluding hydrogens is 406 g/mol. The fourth-order valence-corrected chi connectivity index (χ4v) is 3.84. The highest BCUT2D eigenvalue weighted by molar-refractivity contribution is 9.10. The first-order valence-electron chi connectivity index (χ1n) is 9.22. The third kappa shape index (κ3) is 4.22. The van der Waals surface area contributed by atoms with Crippen LogP contribution in [0, 0.1) is 6.92 Å². The fraction of sp³-hybridized carbons (Fsp3) is 0.333. The number of nitrogens with zero attached hydrogens (tertiary/aromatic N) is 2. The molecule has 0 spiro atoms. The lowest BCUT2D eigenvalue weighted by atomic mass is 9.98. The van der Waals surface area contributed by atoms with E-state index in [-0.39, 0.29) is 11.8 Å². The van der Waals surface area contributed by atoms with Gasteiger partial charge in [0.15, 0.2) is 11.5 Å². The van der Waals surface area contributed by atoms with Crippen LogP contribution in [0.2, 0.25) is 0 Å². The molecule has 27 heavy (non-hydrogen) atoms. The molecule has 1 saturated heterocycles. The zero-order valence-corrected chi connectivity index (χ0v) is 16.8. The summed E-state index contributed by atoms with van der Waals surface area (Å²) in [6.07, 6.45) is 2.07. The molecule has 0 bridgehead atoms. The molecule has 1 aliphatic heterocycles. The first-order valence-corrected chi connectivity index (χ1v) is 10.0. The van der Waals surface area contributed by atoms with E-state index in [9.17, 15) is 4.79 Å².